The van der Waals surface area contributed by atoms with E-state index in [-0.39, 0.29) is 29.4 Å². The Labute approximate surface area is 102 Å². The fourth-order valence-corrected chi connectivity index (χ4v) is 4.37. The maximum atomic E-state index is 11.7. The van der Waals surface area contributed by atoms with E-state index in [4.69, 9.17) is 0 Å². The van der Waals surface area contributed by atoms with Crippen LogP contribution in [-0.4, -0.2) is 43.6 Å². The summed E-state index contributed by atoms with van der Waals surface area (Å²) < 4.78 is 22.5. The standard InChI is InChI=1S/C11H19NO4S/c13-10-3-1-2-8(10)6-12-11(14)9-4-5-17(15,16)7-9/h8-10,13H,1-7H2,(H,12,14). The van der Waals surface area contributed by atoms with Gasteiger partial charge < -0.3 is 10.4 Å². The summed E-state index contributed by atoms with van der Waals surface area (Å²) >= 11 is 0. The molecule has 0 spiro atoms. The number of rotatable bonds is 3. The van der Waals surface area contributed by atoms with E-state index in [2.05, 4.69) is 5.32 Å². The van der Waals surface area contributed by atoms with Crippen molar-refractivity contribution < 1.29 is 18.3 Å². The molecule has 2 rings (SSSR count). The highest BCUT2D eigenvalue weighted by Crippen LogP contribution is 2.25. The highest BCUT2D eigenvalue weighted by atomic mass is 32.2. The Bertz CT molecular complexity index is 392. The normalized spacial score (nSPS) is 35.9. The molecule has 0 aromatic heterocycles. The predicted octanol–water partition coefficient (Wildman–Crippen LogP) is -0.302. The number of sulfone groups is 1. The minimum Gasteiger partial charge on any atom is -0.393 e. The molecule has 0 aromatic rings. The number of amides is 1. The van der Waals surface area contributed by atoms with Gasteiger partial charge in [0.1, 0.15) is 0 Å². The van der Waals surface area contributed by atoms with Crippen molar-refractivity contribution in [3.63, 3.8) is 0 Å². The summed E-state index contributed by atoms with van der Waals surface area (Å²) in [5.74, 6) is -0.330. The first-order valence-corrected chi connectivity index (χ1v) is 7.96. The maximum absolute atomic E-state index is 11.7. The third-order valence-corrected chi connectivity index (χ3v) is 5.53. The van der Waals surface area contributed by atoms with Gasteiger partial charge in [-0.05, 0) is 19.3 Å². The zero-order valence-corrected chi connectivity index (χ0v) is 10.6. The lowest BCUT2D eigenvalue weighted by Gasteiger charge is -2.16. The van der Waals surface area contributed by atoms with Crippen LogP contribution in [0.4, 0.5) is 0 Å². The lowest BCUT2D eigenvalue weighted by atomic mass is 10.0. The zero-order chi connectivity index (χ0) is 12.5. The molecule has 2 fully saturated rings. The van der Waals surface area contributed by atoms with E-state index in [0.717, 1.165) is 19.3 Å². The van der Waals surface area contributed by atoms with Gasteiger partial charge in [-0.25, -0.2) is 8.42 Å². The van der Waals surface area contributed by atoms with Crippen LogP contribution in [0.3, 0.4) is 0 Å². The highest BCUT2D eigenvalue weighted by Gasteiger charge is 2.33. The van der Waals surface area contributed by atoms with Crippen LogP contribution in [-0.2, 0) is 14.6 Å². The molecule has 0 bridgehead atoms. The van der Waals surface area contributed by atoms with Crippen LogP contribution in [0.25, 0.3) is 0 Å². The molecule has 1 amide bonds. The van der Waals surface area contributed by atoms with Gasteiger partial charge >= 0.3 is 0 Å². The van der Waals surface area contributed by atoms with Gasteiger partial charge in [0.15, 0.2) is 9.84 Å². The van der Waals surface area contributed by atoms with Crippen LogP contribution in [0.5, 0.6) is 0 Å². The van der Waals surface area contributed by atoms with Crippen LogP contribution in [0.15, 0.2) is 0 Å². The first kappa shape index (κ1) is 12.8. The summed E-state index contributed by atoms with van der Waals surface area (Å²) in [5, 5.41) is 12.4. The van der Waals surface area contributed by atoms with E-state index in [1.54, 1.807) is 0 Å². The van der Waals surface area contributed by atoms with E-state index in [1.165, 1.54) is 0 Å². The van der Waals surface area contributed by atoms with Crippen molar-refractivity contribution in [2.75, 3.05) is 18.1 Å². The van der Waals surface area contributed by atoms with Crippen LogP contribution in [0, 0.1) is 11.8 Å². The van der Waals surface area contributed by atoms with Crippen molar-refractivity contribution in [1.82, 2.24) is 5.32 Å². The van der Waals surface area contributed by atoms with Gasteiger partial charge in [-0.3, -0.25) is 4.79 Å². The molecule has 2 aliphatic rings. The van der Waals surface area contributed by atoms with Gasteiger partial charge in [-0.15, -0.1) is 0 Å². The first-order valence-electron chi connectivity index (χ1n) is 6.14. The van der Waals surface area contributed by atoms with Crippen molar-refractivity contribution in [3.8, 4) is 0 Å². The Balaban J connectivity index is 1.78. The zero-order valence-electron chi connectivity index (χ0n) is 9.76. The van der Waals surface area contributed by atoms with Gasteiger partial charge in [0.2, 0.25) is 5.91 Å². The smallest absolute Gasteiger partial charge is 0.224 e. The van der Waals surface area contributed by atoms with E-state index in [9.17, 15) is 18.3 Å². The topological polar surface area (TPSA) is 83.5 Å². The third kappa shape index (κ3) is 3.19. The minimum absolute atomic E-state index is 0.0218. The molecule has 3 unspecified atom stereocenters. The predicted molar refractivity (Wildman–Crippen MR) is 63.1 cm³/mol. The van der Waals surface area contributed by atoms with Crippen LogP contribution < -0.4 is 5.32 Å². The fraction of sp³-hybridized carbons (Fsp3) is 0.909. The Morgan fingerprint density at radius 3 is 2.59 bits per heavy atom. The Kier molecular flexibility index (Phi) is 3.73. The number of hydrogen-bond donors (Lipinski definition) is 2. The number of carbonyl (C=O) groups is 1. The van der Waals surface area contributed by atoms with Gasteiger partial charge in [0, 0.05) is 12.5 Å². The van der Waals surface area contributed by atoms with Crippen molar-refractivity contribution >= 4 is 15.7 Å². The van der Waals surface area contributed by atoms with E-state index < -0.39 is 15.8 Å². The maximum Gasteiger partial charge on any atom is 0.224 e. The largest absolute Gasteiger partial charge is 0.393 e. The molecule has 5 nitrogen and oxygen atoms in total. The molecule has 1 aliphatic carbocycles. The van der Waals surface area contributed by atoms with Crippen LogP contribution >= 0.6 is 0 Å². The van der Waals surface area contributed by atoms with Crippen molar-refractivity contribution in [1.29, 1.82) is 0 Å². The minimum atomic E-state index is -3.00. The number of hydrogen-bond acceptors (Lipinski definition) is 4. The Hall–Kier alpha value is -0.620. The molecule has 0 radical (unpaired) electrons. The molecule has 98 valence electrons. The van der Waals surface area contributed by atoms with E-state index >= 15 is 0 Å². The summed E-state index contributed by atoms with van der Waals surface area (Å²) in [6.45, 7) is 0.469. The summed E-state index contributed by atoms with van der Waals surface area (Å²) in [6, 6.07) is 0. The summed E-state index contributed by atoms with van der Waals surface area (Å²) in [6.07, 6.45) is 2.85. The first-order chi connectivity index (χ1) is 7.98. The average molecular weight is 261 g/mol. The highest BCUT2D eigenvalue weighted by molar-refractivity contribution is 7.91. The summed E-state index contributed by atoms with van der Waals surface area (Å²) in [7, 11) is -3.00. The Morgan fingerprint density at radius 2 is 2.06 bits per heavy atom. The lowest BCUT2D eigenvalue weighted by molar-refractivity contribution is -0.124. The summed E-state index contributed by atoms with van der Waals surface area (Å²) in [4.78, 5) is 11.7. The molecule has 6 heteroatoms. The van der Waals surface area contributed by atoms with E-state index in [1.807, 2.05) is 0 Å². The average Bonchev–Trinajstić information content (AvgIpc) is 2.81. The van der Waals surface area contributed by atoms with Crippen molar-refractivity contribution in [3.05, 3.63) is 0 Å². The molecule has 1 aliphatic heterocycles. The molecule has 1 heterocycles. The number of aliphatic hydroxyl groups is 1. The molecule has 1 saturated heterocycles. The second-order valence-corrected chi connectivity index (χ2v) is 7.33. The van der Waals surface area contributed by atoms with Gasteiger partial charge in [0.05, 0.1) is 23.5 Å². The van der Waals surface area contributed by atoms with Crippen LogP contribution in [0.1, 0.15) is 25.7 Å². The van der Waals surface area contributed by atoms with Crippen molar-refractivity contribution in [2.24, 2.45) is 11.8 Å². The fourth-order valence-electron chi connectivity index (χ4n) is 2.63. The number of aliphatic hydroxyl groups excluding tert-OH is 1. The molecule has 1 saturated carbocycles. The van der Waals surface area contributed by atoms with E-state index in [0.29, 0.717) is 13.0 Å². The van der Waals surface area contributed by atoms with Gasteiger partial charge in [-0.2, -0.15) is 0 Å². The molecule has 0 aromatic carbocycles. The number of nitrogens with one attached hydrogen (secondary N) is 1. The molecule has 3 atom stereocenters. The lowest BCUT2D eigenvalue weighted by Crippen LogP contribution is -2.36. The molecule has 2 N–H and O–H groups in total. The number of carbonyl (C=O) groups excluding carboxylic acids is 1. The second-order valence-electron chi connectivity index (χ2n) is 5.10. The molecular formula is C11H19NO4S. The van der Waals surface area contributed by atoms with Gasteiger partial charge in [0.25, 0.3) is 0 Å². The third-order valence-electron chi connectivity index (χ3n) is 3.76. The molecule has 17 heavy (non-hydrogen) atoms. The quantitative estimate of drug-likeness (QED) is 0.730. The Morgan fingerprint density at radius 1 is 1.29 bits per heavy atom. The van der Waals surface area contributed by atoms with Crippen molar-refractivity contribution in [2.45, 2.75) is 31.8 Å². The van der Waals surface area contributed by atoms with Crippen LogP contribution in [0.2, 0.25) is 0 Å². The second kappa shape index (κ2) is 4.94. The summed E-state index contributed by atoms with van der Waals surface area (Å²) in [5.41, 5.74) is 0. The van der Waals surface area contributed by atoms with Gasteiger partial charge in [-0.1, -0.05) is 6.42 Å². The molecular weight excluding hydrogens is 242 g/mol. The monoisotopic (exact) mass is 261 g/mol. The SMILES string of the molecule is O=C(NCC1CCCC1O)C1CCS(=O)(=O)C1.